The van der Waals surface area contributed by atoms with Crippen molar-refractivity contribution in [1.82, 2.24) is 0 Å². The molecule has 0 radical (unpaired) electrons. The van der Waals surface area contributed by atoms with Crippen LogP contribution in [0.3, 0.4) is 0 Å². The molecule has 0 amide bonds. The van der Waals surface area contributed by atoms with E-state index in [1.807, 2.05) is 6.92 Å². The van der Waals surface area contributed by atoms with Crippen LogP contribution in [0.4, 0.5) is 10.1 Å². The van der Waals surface area contributed by atoms with E-state index in [0.29, 0.717) is 11.0 Å². The van der Waals surface area contributed by atoms with Crippen molar-refractivity contribution < 1.29 is 12.8 Å². The molecule has 2 rings (SSSR count). The molecule has 0 aliphatic heterocycles. The van der Waals surface area contributed by atoms with Crippen LogP contribution < -0.4 is 5.32 Å². The van der Waals surface area contributed by atoms with Gasteiger partial charge in [0.05, 0.1) is 9.37 Å². The number of hydrogen-bond acceptors (Lipinski definition) is 3. The fourth-order valence-corrected chi connectivity index (χ4v) is 2.76. The number of benzene rings is 2. The lowest BCUT2D eigenvalue weighted by Crippen LogP contribution is -2.04. The fraction of sp³-hybridized carbons (Fsp3) is 0.200. The molecule has 112 valence electrons. The Morgan fingerprint density at radius 1 is 1.19 bits per heavy atom. The molecule has 0 saturated heterocycles. The van der Waals surface area contributed by atoms with E-state index in [9.17, 15) is 12.8 Å². The summed E-state index contributed by atoms with van der Waals surface area (Å²) in [5, 5.41) is 3.14. The first-order valence-corrected chi connectivity index (χ1v) is 8.94. The van der Waals surface area contributed by atoms with E-state index in [0.717, 1.165) is 16.8 Å². The topological polar surface area (TPSA) is 46.2 Å². The van der Waals surface area contributed by atoms with Gasteiger partial charge in [-0.05, 0) is 58.2 Å². The summed E-state index contributed by atoms with van der Waals surface area (Å²) in [6.45, 7) is 2.30. The lowest BCUT2D eigenvalue weighted by atomic mass is 10.1. The molecular formula is C15H15BrFNO2S. The quantitative estimate of drug-likeness (QED) is 0.885. The first-order chi connectivity index (χ1) is 9.77. The molecule has 2 aromatic rings. The van der Waals surface area contributed by atoms with Crippen molar-refractivity contribution in [1.29, 1.82) is 0 Å². The minimum Gasteiger partial charge on any atom is -0.381 e. The highest BCUT2D eigenvalue weighted by atomic mass is 79.9. The second-order valence-corrected chi connectivity index (χ2v) is 7.72. The van der Waals surface area contributed by atoms with Crippen LogP contribution in [0.5, 0.6) is 0 Å². The zero-order valence-electron chi connectivity index (χ0n) is 11.7. The number of nitrogens with one attached hydrogen (secondary N) is 1. The Morgan fingerprint density at radius 3 is 2.52 bits per heavy atom. The van der Waals surface area contributed by atoms with Gasteiger partial charge in [-0.3, -0.25) is 0 Å². The lowest BCUT2D eigenvalue weighted by molar-refractivity contribution is 0.602. The molecule has 1 N–H and O–H groups in total. The maximum atomic E-state index is 13.5. The fourth-order valence-electron chi connectivity index (χ4n) is 1.87. The number of rotatable bonds is 4. The van der Waals surface area contributed by atoms with Crippen molar-refractivity contribution >= 4 is 31.5 Å². The van der Waals surface area contributed by atoms with Crippen LogP contribution in [0.15, 0.2) is 45.8 Å². The van der Waals surface area contributed by atoms with Gasteiger partial charge in [0.1, 0.15) is 5.82 Å². The highest BCUT2D eigenvalue weighted by Gasteiger charge is 2.09. The van der Waals surface area contributed by atoms with Crippen LogP contribution in [-0.2, 0) is 16.4 Å². The number of anilines is 1. The summed E-state index contributed by atoms with van der Waals surface area (Å²) in [7, 11) is -3.24. The van der Waals surface area contributed by atoms with Crippen LogP contribution in [0.1, 0.15) is 11.1 Å². The van der Waals surface area contributed by atoms with Gasteiger partial charge in [0.2, 0.25) is 0 Å². The zero-order valence-corrected chi connectivity index (χ0v) is 14.1. The van der Waals surface area contributed by atoms with Gasteiger partial charge in [0.15, 0.2) is 9.84 Å². The van der Waals surface area contributed by atoms with Crippen molar-refractivity contribution in [3.05, 3.63) is 57.8 Å². The summed E-state index contributed by atoms with van der Waals surface area (Å²) >= 11 is 3.11. The van der Waals surface area contributed by atoms with Crippen molar-refractivity contribution in [2.45, 2.75) is 18.4 Å². The van der Waals surface area contributed by atoms with E-state index in [-0.39, 0.29) is 10.7 Å². The maximum absolute atomic E-state index is 13.5. The molecule has 0 fully saturated rings. The Kier molecular flexibility index (Phi) is 4.68. The third kappa shape index (κ3) is 4.04. The van der Waals surface area contributed by atoms with E-state index in [1.165, 1.54) is 12.3 Å². The summed E-state index contributed by atoms with van der Waals surface area (Å²) in [5.74, 6) is -0.323. The second-order valence-electron chi connectivity index (χ2n) is 4.85. The maximum Gasteiger partial charge on any atom is 0.175 e. The minimum atomic E-state index is -3.24. The Bertz CT molecular complexity index is 775. The predicted molar refractivity (Wildman–Crippen MR) is 85.7 cm³/mol. The van der Waals surface area contributed by atoms with Crippen LogP contribution in [0, 0.1) is 12.7 Å². The van der Waals surface area contributed by atoms with Gasteiger partial charge in [-0.25, -0.2) is 12.8 Å². The van der Waals surface area contributed by atoms with Gasteiger partial charge < -0.3 is 5.32 Å². The van der Waals surface area contributed by atoms with E-state index in [1.54, 1.807) is 30.3 Å². The van der Waals surface area contributed by atoms with E-state index in [2.05, 4.69) is 21.2 Å². The van der Waals surface area contributed by atoms with Crippen molar-refractivity contribution in [2.75, 3.05) is 11.6 Å². The molecule has 6 heteroatoms. The number of sulfone groups is 1. The van der Waals surface area contributed by atoms with Gasteiger partial charge in [0, 0.05) is 18.5 Å². The van der Waals surface area contributed by atoms with Gasteiger partial charge in [0.25, 0.3) is 0 Å². The molecule has 0 heterocycles. The molecule has 2 aromatic carbocycles. The van der Waals surface area contributed by atoms with E-state index < -0.39 is 9.84 Å². The number of aryl methyl sites for hydroxylation is 1. The van der Waals surface area contributed by atoms with E-state index in [4.69, 9.17) is 0 Å². The molecular weight excluding hydrogens is 357 g/mol. The zero-order chi connectivity index (χ0) is 15.6. The molecule has 0 unspecified atom stereocenters. The van der Waals surface area contributed by atoms with Crippen LogP contribution in [0.25, 0.3) is 0 Å². The molecule has 21 heavy (non-hydrogen) atoms. The van der Waals surface area contributed by atoms with Crippen molar-refractivity contribution in [2.24, 2.45) is 0 Å². The molecule has 0 aliphatic carbocycles. The molecule has 0 saturated carbocycles. The van der Waals surface area contributed by atoms with Crippen molar-refractivity contribution in [3.8, 4) is 0 Å². The average molecular weight is 372 g/mol. The predicted octanol–water partition coefficient (Wildman–Crippen LogP) is 3.91. The minimum absolute atomic E-state index is 0.262. The first-order valence-electron chi connectivity index (χ1n) is 6.26. The Labute approximate surface area is 132 Å². The third-order valence-electron chi connectivity index (χ3n) is 3.10. The third-order valence-corrected chi connectivity index (χ3v) is 4.86. The Hall–Kier alpha value is -1.40. The van der Waals surface area contributed by atoms with Gasteiger partial charge in [-0.2, -0.15) is 0 Å². The van der Waals surface area contributed by atoms with Gasteiger partial charge in [-0.15, -0.1) is 0 Å². The highest BCUT2D eigenvalue weighted by Crippen LogP contribution is 2.22. The summed E-state index contributed by atoms with van der Waals surface area (Å²) < 4.78 is 37.0. The summed E-state index contributed by atoms with van der Waals surface area (Å²) in [6.07, 6.45) is 1.17. The monoisotopic (exact) mass is 371 g/mol. The number of hydrogen-bond donors (Lipinski definition) is 1. The molecule has 3 nitrogen and oxygen atoms in total. The van der Waals surface area contributed by atoms with Gasteiger partial charge >= 0.3 is 0 Å². The van der Waals surface area contributed by atoms with E-state index >= 15 is 0 Å². The average Bonchev–Trinajstić information content (AvgIpc) is 2.40. The second kappa shape index (κ2) is 6.15. The highest BCUT2D eigenvalue weighted by molar-refractivity contribution is 9.10. The first kappa shape index (κ1) is 16.0. The standard InChI is InChI=1S/C15H15BrFNO2S/c1-10-3-5-12(21(2,19)20)8-15(10)18-9-11-4-6-13(16)14(17)7-11/h3-8,18H,9H2,1-2H3. The Morgan fingerprint density at radius 2 is 1.90 bits per heavy atom. The summed E-state index contributed by atoms with van der Waals surface area (Å²) in [5.41, 5.74) is 2.43. The normalized spacial score (nSPS) is 11.4. The molecule has 0 aromatic heterocycles. The smallest absolute Gasteiger partial charge is 0.175 e. The lowest BCUT2D eigenvalue weighted by Gasteiger charge is -2.11. The summed E-state index contributed by atoms with van der Waals surface area (Å²) in [4.78, 5) is 0.262. The summed E-state index contributed by atoms with van der Waals surface area (Å²) in [6, 6.07) is 9.81. The van der Waals surface area contributed by atoms with Gasteiger partial charge in [-0.1, -0.05) is 12.1 Å². The van der Waals surface area contributed by atoms with Crippen LogP contribution >= 0.6 is 15.9 Å². The van der Waals surface area contributed by atoms with Crippen molar-refractivity contribution in [3.63, 3.8) is 0 Å². The van der Waals surface area contributed by atoms with Crippen LogP contribution in [-0.4, -0.2) is 14.7 Å². The largest absolute Gasteiger partial charge is 0.381 e. The SMILES string of the molecule is Cc1ccc(S(C)(=O)=O)cc1NCc1ccc(Br)c(F)c1. The number of halogens is 2. The molecule has 0 atom stereocenters. The molecule has 0 aliphatic rings. The molecule has 0 spiro atoms. The molecule has 0 bridgehead atoms. The Balaban J connectivity index is 2.21. The van der Waals surface area contributed by atoms with Crippen LogP contribution in [0.2, 0.25) is 0 Å².